The molecular weight excluding hydrogens is 387 g/mol. The number of hydrogen-bond acceptors (Lipinski definition) is 4. The van der Waals surface area contributed by atoms with Gasteiger partial charge < -0.3 is 5.32 Å². The Morgan fingerprint density at radius 1 is 1.11 bits per heavy atom. The molecule has 0 atom stereocenters. The smallest absolute Gasteiger partial charge is 0.265 e. The summed E-state index contributed by atoms with van der Waals surface area (Å²) in [5, 5.41) is 7.45. The first-order valence-corrected chi connectivity index (χ1v) is 9.11. The van der Waals surface area contributed by atoms with Crippen molar-refractivity contribution in [2.75, 3.05) is 5.32 Å². The van der Waals surface area contributed by atoms with Gasteiger partial charge in [0.05, 0.1) is 16.3 Å². The third-order valence-electron chi connectivity index (χ3n) is 3.83. The van der Waals surface area contributed by atoms with Crippen molar-refractivity contribution in [2.45, 2.75) is 0 Å². The number of nitrogens with zero attached hydrogens (tertiary/aromatic N) is 3. The largest absolute Gasteiger partial charge is 0.319 e. The molecule has 0 fully saturated rings. The van der Waals surface area contributed by atoms with Crippen LogP contribution in [0.1, 0.15) is 9.67 Å². The average Bonchev–Trinajstić information content (AvgIpc) is 3.35. The van der Waals surface area contributed by atoms with Gasteiger partial charge in [-0.25, -0.2) is 14.1 Å². The van der Waals surface area contributed by atoms with Gasteiger partial charge in [-0.3, -0.25) is 4.79 Å². The molecule has 1 N–H and O–H groups in total. The van der Waals surface area contributed by atoms with Crippen molar-refractivity contribution in [2.24, 2.45) is 0 Å². The molecule has 4 rings (SSSR count). The number of thiophene rings is 1. The molecule has 27 heavy (non-hydrogen) atoms. The van der Waals surface area contributed by atoms with Gasteiger partial charge in [0.2, 0.25) is 0 Å². The Kier molecular flexibility index (Phi) is 4.70. The van der Waals surface area contributed by atoms with Crippen molar-refractivity contribution in [1.29, 1.82) is 0 Å². The minimum absolute atomic E-state index is 0.267. The Morgan fingerprint density at radius 3 is 2.67 bits per heavy atom. The summed E-state index contributed by atoms with van der Waals surface area (Å²) in [6, 6.07) is 14.9. The zero-order valence-corrected chi connectivity index (χ0v) is 15.3. The van der Waals surface area contributed by atoms with Crippen molar-refractivity contribution in [3.8, 4) is 16.1 Å². The van der Waals surface area contributed by atoms with Crippen molar-refractivity contribution in [3.05, 3.63) is 83.0 Å². The molecule has 0 saturated heterocycles. The average molecular weight is 399 g/mol. The Labute approximate surface area is 163 Å². The third kappa shape index (κ3) is 3.74. The van der Waals surface area contributed by atoms with E-state index in [2.05, 4.69) is 15.4 Å². The van der Waals surface area contributed by atoms with E-state index in [0.717, 1.165) is 10.4 Å². The van der Waals surface area contributed by atoms with Gasteiger partial charge in [0.15, 0.2) is 0 Å². The van der Waals surface area contributed by atoms with Crippen LogP contribution in [-0.4, -0.2) is 20.7 Å². The van der Waals surface area contributed by atoms with Crippen LogP contribution in [0.25, 0.3) is 16.1 Å². The Balaban J connectivity index is 1.60. The van der Waals surface area contributed by atoms with E-state index in [-0.39, 0.29) is 11.7 Å². The molecule has 0 aliphatic heterocycles. The maximum absolute atomic E-state index is 13.1. The number of carbonyl (C=O) groups is 1. The molecule has 134 valence electrons. The standard InChI is InChI=1S/C19H12ClFN4OS/c20-13-3-6-16(25-11-22-10-23-25)15(9-13)24-19(26)18-8-7-17(27-18)12-1-4-14(21)5-2-12/h1-11H,(H,24,26). The molecule has 2 aromatic heterocycles. The molecule has 0 spiro atoms. The van der Waals surface area contributed by atoms with E-state index in [1.165, 1.54) is 36.1 Å². The molecule has 4 aromatic rings. The van der Waals surface area contributed by atoms with E-state index in [9.17, 15) is 9.18 Å². The van der Waals surface area contributed by atoms with Gasteiger partial charge in [0, 0.05) is 9.90 Å². The molecule has 0 bridgehead atoms. The molecule has 2 heterocycles. The van der Waals surface area contributed by atoms with Crippen molar-refractivity contribution >= 4 is 34.5 Å². The van der Waals surface area contributed by atoms with E-state index >= 15 is 0 Å². The number of rotatable bonds is 4. The van der Waals surface area contributed by atoms with Gasteiger partial charge >= 0.3 is 0 Å². The van der Waals surface area contributed by atoms with E-state index in [4.69, 9.17) is 11.6 Å². The van der Waals surface area contributed by atoms with E-state index < -0.39 is 0 Å². The van der Waals surface area contributed by atoms with Crippen LogP contribution in [0.3, 0.4) is 0 Å². The normalized spacial score (nSPS) is 10.7. The highest BCUT2D eigenvalue weighted by atomic mass is 35.5. The maximum Gasteiger partial charge on any atom is 0.265 e. The lowest BCUT2D eigenvalue weighted by atomic mass is 10.2. The molecule has 1 amide bonds. The number of aromatic nitrogens is 3. The highest BCUT2D eigenvalue weighted by Crippen LogP contribution is 2.30. The first-order valence-electron chi connectivity index (χ1n) is 7.92. The lowest BCUT2D eigenvalue weighted by molar-refractivity contribution is 0.103. The Bertz CT molecular complexity index is 1090. The highest BCUT2D eigenvalue weighted by molar-refractivity contribution is 7.17. The van der Waals surface area contributed by atoms with Crippen LogP contribution in [0.5, 0.6) is 0 Å². The number of nitrogens with one attached hydrogen (secondary N) is 1. The number of halogens is 2. The summed E-state index contributed by atoms with van der Waals surface area (Å²) in [5.41, 5.74) is 2.03. The predicted octanol–water partition coefficient (Wildman–Crippen LogP) is 5.04. The number of amides is 1. The molecule has 0 unspecified atom stereocenters. The fraction of sp³-hybridized carbons (Fsp3) is 0. The van der Waals surface area contributed by atoms with E-state index in [1.54, 1.807) is 41.1 Å². The number of benzene rings is 2. The molecule has 2 aromatic carbocycles. The predicted molar refractivity (Wildman–Crippen MR) is 104 cm³/mol. The summed E-state index contributed by atoms with van der Waals surface area (Å²) in [7, 11) is 0. The van der Waals surface area contributed by atoms with E-state index in [1.807, 2.05) is 6.07 Å². The van der Waals surface area contributed by atoms with Crippen molar-refractivity contribution < 1.29 is 9.18 Å². The van der Waals surface area contributed by atoms with Gasteiger partial charge in [0.25, 0.3) is 5.91 Å². The summed E-state index contributed by atoms with van der Waals surface area (Å²) in [6.07, 6.45) is 2.95. The lowest BCUT2D eigenvalue weighted by Crippen LogP contribution is -2.12. The van der Waals surface area contributed by atoms with Crippen LogP contribution in [0.15, 0.2) is 67.3 Å². The SMILES string of the molecule is O=C(Nc1cc(Cl)ccc1-n1cncn1)c1ccc(-c2ccc(F)cc2)s1. The molecule has 0 aliphatic rings. The molecule has 0 aliphatic carbocycles. The van der Waals surface area contributed by atoms with Crippen LogP contribution in [0.2, 0.25) is 5.02 Å². The second kappa shape index (κ2) is 7.30. The monoisotopic (exact) mass is 398 g/mol. The minimum Gasteiger partial charge on any atom is -0.319 e. The number of carbonyl (C=O) groups excluding carboxylic acids is 1. The summed E-state index contributed by atoms with van der Waals surface area (Å²) >= 11 is 7.40. The molecule has 8 heteroatoms. The quantitative estimate of drug-likeness (QED) is 0.523. The van der Waals surface area contributed by atoms with Crippen LogP contribution < -0.4 is 5.32 Å². The van der Waals surface area contributed by atoms with Crippen LogP contribution in [0.4, 0.5) is 10.1 Å². The van der Waals surface area contributed by atoms with Crippen molar-refractivity contribution in [1.82, 2.24) is 14.8 Å². The Morgan fingerprint density at radius 2 is 1.93 bits per heavy atom. The number of anilines is 1. The topological polar surface area (TPSA) is 59.8 Å². The molecular formula is C19H12ClFN4OS. The number of hydrogen-bond donors (Lipinski definition) is 1. The second-order valence-electron chi connectivity index (χ2n) is 5.63. The first kappa shape index (κ1) is 17.4. The van der Waals surface area contributed by atoms with E-state index in [0.29, 0.717) is 21.3 Å². The van der Waals surface area contributed by atoms with Gasteiger partial charge in [-0.2, -0.15) is 5.10 Å². The highest BCUT2D eigenvalue weighted by Gasteiger charge is 2.14. The molecule has 0 saturated carbocycles. The van der Waals surface area contributed by atoms with Gasteiger partial charge in [-0.1, -0.05) is 23.7 Å². The summed E-state index contributed by atoms with van der Waals surface area (Å²) in [4.78, 5) is 18.0. The van der Waals surface area contributed by atoms with Crippen LogP contribution in [0, 0.1) is 5.82 Å². The zero-order chi connectivity index (χ0) is 18.8. The zero-order valence-electron chi connectivity index (χ0n) is 13.8. The van der Waals surface area contributed by atoms with Crippen LogP contribution >= 0.6 is 22.9 Å². The van der Waals surface area contributed by atoms with Crippen LogP contribution in [-0.2, 0) is 0 Å². The summed E-state index contributed by atoms with van der Waals surface area (Å²) in [6.45, 7) is 0. The minimum atomic E-state index is -0.296. The summed E-state index contributed by atoms with van der Waals surface area (Å²) < 4.78 is 14.6. The van der Waals surface area contributed by atoms with Crippen molar-refractivity contribution in [3.63, 3.8) is 0 Å². The lowest BCUT2D eigenvalue weighted by Gasteiger charge is -2.10. The molecule has 0 radical (unpaired) electrons. The second-order valence-corrected chi connectivity index (χ2v) is 7.15. The molecule has 5 nitrogen and oxygen atoms in total. The Hall–Kier alpha value is -3.03. The van der Waals surface area contributed by atoms with Gasteiger partial charge in [-0.05, 0) is 48.0 Å². The van der Waals surface area contributed by atoms with Gasteiger partial charge in [-0.15, -0.1) is 11.3 Å². The fourth-order valence-corrected chi connectivity index (χ4v) is 3.63. The first-order chi connectivity index (χ1) is 13.1. The third-order valence-corrected chi connectivity index (χ3v) is 5.20. The maximum atomic E-state index is 13.1. The summed E-state index contributed by atoms with van der Waals surface area (Å²) in [5.74, 6) is -0.563. The van der Waals surface area contributed by atoms with Gasteiger partial charge in [0.1, 0.15) is 18.5 Å². The fourth-order valence-electron chi connectivity index (χ4n) is 2.55.